The van der Waals surface area contributed by atoms with Crippen molar-refractivity contribution in [1.29, 1.82) is 0 Å². The second-order valence-electron chi connectivity index (χ2n) is 3.56. The number of rotatable bonds is 5. The molecule has 0 radical (unpaired) electrons. The lowest BCUT2D eigenvalue weighted by Gasteiger charge is -2.00. The zero-order valence-corrected chi connectivity index (χ0v) is 10.7. The van der Waals surface area contributed by atoms with E-state index in [1.165, 1.54) is 12.1 Å². The van der Waals surface area contributed by atoms with Crippen molar-refractivity contribution in [3.05, 3.63) is 53.2 Å². The summed E-state index contributed by atoms with van der Waals surface area (Å²) < 4.78 is 13.8. The lowest BCUT2D eigenvalue weighted by molar-refractivity contribution is -0.116. The van der Waals surface area contributed by atoms with E-state index in [1.807, 2.05) is 17.5 Å². The second-order valence-corrected chi connectivity index (χ2v) is 5.79. The van der Waals surface area contributed by atoms with E-state index in [4.69, 9.17) is 0 Å². The molecule has 0 saturated heterocycles. The maximum atomic E-state index is 12.7. The minimum Gasteiger partial charge on any atom is -0.298 e. The summed E-state index contributed by atoms with van der Waals surface area (Å²) in [5.74, 6) is 0.363. The zero-order valence-electron chi connectivity index (χ0n) is 9.06. The molecule has 0 bridgehead atoms. The molecule has 1 aromatic heterocycles. The highest BCUT2D eigenvalue weighted by Gasteiger charge is 2.05. The Labute approximate surface area is 108 Å². The minimum absolute atomic E-state index is 0.162. The van der Waals surface area contributed by atoms with Crippen LogP contribution >= 0.6 is 23.1 Å². The molecule has 1 heterocycles. The molecule has 0 aliphatic carbocycles. The van der Waals surface area contributed by atoms with Crippen LogP contribution in [0.4, 0.5) is 4.39 Å². The Kier molecular flexibility index (Phi) is 4.34. The van der Waals surface area contributed by atoms with Crippen LogP contribution in [-0.2, 0) is 11.2 Å². The van der Waals surface area contributed by atoms with E-state index in [2.05, 4.69) is 0 Å². The summed E-state index contributed by atoms with van der Waals surface area (Å²) in [5.41, 5.74) is 0.864. The fourth-order valence-electron chi connectivity index (χ4n) is 1.38. The molecule has 0 aliphatic rings. The Morgan fingerprint density at radius 3 is 2.65 bits per heavy atom. The van der Waals surface area contributed by atoms with Gasteiger partial charge in [0.05, 0.1) is 9.96 Å². The Balaban J connectivity index is 1.83. The molecular weight excluding hydrogens is 255 g/mol. The molecular formula is C13H11FOS2. The lowest BCUT2D eigenvalue weighted by atomic mass is 10.1. The van der Waals surface area contributed by atoms with E-state index >= 15 is 0 Å². The molecule has 17 heavy (non-hydrogen) atoms. The van der Waals surface area contributed by atoms with Gasteiger partial charge in [-0.1, -0.05) is 18.2 Å². The number of ketones is 1. The predicted octanol–water partition coefficient (Wildman–Crippen LogP) is 3.79. The van der Waals surface area contributed by atoms with Crippen molar-refractivity contribution in [1.82, 2.24) is 0 Å². The van der Waals surface area contributed by atoms with Gasteiger partial charge in [-0.25, -0.2) is 4.39 Å². The van der Waals surface area contributed by atoms with E-state index in [1.54, 1.807) is 35.2 Å². The molecule has 0 unspecified atom stereocenters. The third-order valence-electron chi connectivity index (χ3n) is 2.19. The number of hydrogen-bond acceptors (Lipinski definition) is 3. The van der Waals surface area contributed by atoms with Crippen LogP contribution in [0.2, 0.25) is 0 Å². The molecule has 0 saturated carbocycles. The number of halogens is 1. The normalized spacial score (nSPS) is 10.4. The van der Waals surface area contributed by atoms with Gasteiger partial charge in [0.1, 0.15) is 11.6 Å². The molecule has 1 nitrogen and oxygen atoms in total. The van der Waals surface area contributed by atoms with E-state index < -0.39 is 0 Å². The average Bonchev–Trinajstić information content (AvgIpc) is 2.83. The summed E-state index contributed by atoms with van der Waals surface area (Å²) in [5, 5.41) is 1.99. The standard InChI is InChI=1S/C13H11FOS2/c14-11-5-3-10(4-6-11)8-12(15)9-17-13-2-1-7-16-13/h1-7H,8-9H2. The van der Waals surface area contributed by atoms with E-state index in [-0.39, 0.29) is 11.6 Å². The van der Waals surface area contributed by atoms with Crippen LogP contribution in [0.3, 0.4) is 0 Å². The second kappa shape index (κ2) is 5.98. The van der Waals surface area contributed by atoms with Crippen molar-refractivity contribution >= 4 is 28.9 Å². The number of carbonyl (C=O) groups is 1. The Bertz CT molecular complexity index is 477. The SMILES string of the molecule is O=C(CSc1cccs1)Cc1ccc(F)cc1. The van der Waals surface area contributed by atoms with Gasteiger partial charge in [0.15, 0.2) is 0 Å². The summed E-state index contributed by atoms with van der Waals surface area (Å²) in [7, 11) is 0. The smallest absolute Gasteiger partial charge is 0.147 e. The first-order chi connectivity index (χ1) is 8.24. The van der Waals surface area contributed by atoms with Crippen molar-refractivity contribution < 1.29 is 9.18 Å². The van der Waals surface area contributed by atoms with Crippen molar-refractivity contribution in [3.8, 4) is 0 Å². The molecule has 0 N–H and O–H groups in total. The van der Waals surface area contributed by atoms with Crippen LogP contribution in [-0.4, -0.2) is 11.5 Å². The first-order valence-corrected chi connectivity index (χ1v) is 7.03. The third kappa shape index (κ3) is 3.98. The Morgan fingerprint density at radius 2 is 2.00 bits per heavy atom. The van der Waals surface area contributed by atoms with E-state index in [9.17, 15) is 9.18 Å². The van der Waals surface area contributed by atoms with E-state index in [0.717, 1.165) is 9.77 Å². The van der Waals surface area contributed by atoms with Crippen LogP contribution < -0.4 is 0 Å². The Morgan fingerprint density at radius 1 is 1.24 bits per heavy atom. The summed E-state index contributed by atoms with van der Waals surface area (Å²) in [6.45, 7) is 0. The van der Waals surface area contributed by atoms with Crippen LogP contribution in [0.25, 0.3) is 0 Å². The fourth-order valence-corrected chi connectivity index (χ4v) is 3.02. The molecule has 0 fully saturated rings. The van der Waals surface area contributed by atoms with Gasteiger partial charge in [-0.05, 0) is 29.1 Å². The molecule has 0 spiro atoms. The number of benzene rings is 1. The van der Waals surface area contributed by atoms with Gasteiger partial charge < -0.3 is 0 Å². The topological polar surface area (TPSA) is 17.1 Å². The van der Waals surface area contributed by atoms with Crippen LogP contribution in [0.5, 0.6) is 0 Å². The van der Waals surface area contributed by atoms with Gasteiger partial charge in [-0.15, -0.1) is 23.1 Å². The summed E-state index contributed by atoms with van der Waals surface area (Å²) in [6.07, 6.45) is 0.374. The average molecular weight is 266 g/mol. The van der Waals surface area contributed by atoms with Crippen molar-refractivity contribution in [2.45, 2.75) is 10.6 Å². The van der Waals surface area contributed by atoms with Gasteiger partial charge in [-0.2, -0.15) is 0 Å². The summed E-state index contributed by atoms with van der Waals surface area (Å²) in [6, 6.07) is 10.0. The molecule has 1 aromatic carbocycles. The fraction of sp³-hybridized carbons (Fsp3) is 0.154. The number of thiophene rings is 1. The highest BCUT2D eigenvalue weighted by atomic mass is 32.2. The third-order valence-corrected chi connectivity index (χ3v) is 4.38. The molecule has 88 valence electrons. The highest BCUT2D eigenvalue weighted by Crippen LogP contribution is 2.23. The lowest BCUT2D eigenvalue weighted by Crippen LogP contribution is -2.05. The van der Waals surface area contributed by atoms with Crippen molar-refractivity contribution in [3.63, 3.8) is 0 Å². The van der Waals surface area contributed by atoms with Gasteiger partial charge in [0.25, 0.3) is 0 Å². The van der Waals surface area contributed by atoms with Crippen molar-refractivity contribution in [2.75, 3.05) is 5.75 Å². The molecule has 4 heteroatoms. The molecule has 0 atom stereocenters. The zero-order chi connectivity index (χ0) is 12.1. The maximum Gasteiger partial charge on any atom is 0.147 e. The minimum atomic E-state index is -0.269. The molecule has 2 rings (SSSR count). The number of Topliss-reactive ketones (excluding diaryl/α,β-unsaturated/α-hetero) is 1. The van der Waals surface area contributed by atoms with E-state index in [0.29, 0.717) is 12.2 Å². The van der Waals surface area contributed by atoms with Crippen LogP contribution in [0.15, 0.2) is 46.0 Å². The molecule has 0 aliphatic heterocycles. The quantitative estimate of drug-likeness (QED) is 0.766. The maximum absolute atomic E-state index is 12.7. The number of hydrogen-bond donors (Lipinski definition) is 0. The molecule has 0 amide bonds. The first kappa shape index (κ1) is 12.3. The highest BCUT2D eigenvalue weighted by molar-refractivity contribution is 8.01. The number of carbonyl (C=O) groups excluding carboxylic acids is 1. The van der Waals surface area contributed by atoms with Gasteiger partial charge in [0.2, 0.25) is 0 Å². The Hall–Kier alpha value is -1.13. The van der Waals surface area contributed by atoms with Crippen LogP contribution in [0, 0.1) is 5.82 Å². The largest absolute Gasteiger partial charge is 0.298 e. The van der Waals surface area contributed by atoms with Crippen molar-refractivity contribution in [2.24, 2.45) is 0 Å². The first-order valence-electron chi connectivity index (χ1n) is 5.16. The van der Waals surface area contributed by atoms with Gasteiger partial charge >= 0.3 is 0 Å². The van der Waals surface area contributed by atoms with Gasteiger partial charge in [0, 0.05) is 6.42 Å². The predicted molar refractivity (Wildman–Crippen MR) is 70.2 cm³/mol. The van der Waals surface area contributed by atoms with Crippen LogP contribution in [0.1, 0.15) is 5.56 Å². The molecule has 2 aromatic rings. The monoisotopic (exact) mass is 266 g/mol. The number of thioether (sulfide) groups is 1. The summed E-state index contributed by atoms with van der Waals surface area (Å²) in [4.78, 5) is 11.7. The summed E-state index contributed by atoms with van der Waals surface area (Å²) >= 11 is 3.19. The van der Waals surface area contributed by atoms with Gasteiger partial charge in [-0.3, -0.25) is 4.79 Å².